The molecule has 1 rings (SSSR count). The van der Waals surface area contributed by atoms with Gasteiger partial charge >= 0.3 is 5.97 Å². The number of carbonyl (C=O) groups is 1. The van der Waals surface area contributed by atoms with Crippen LogP contribution < -0.4 is 10.3 Å². The minimum Gasteiger partial charge on any atom is -0.494 e. The third-order valence-corrected chi connectivity index (χ3v) is 4.08. The van der Waals surface area contributed by atoms with E-state index in [4.69, 9.17) is 14.2 Å². The van der Waals surface area contributed by atoms with Crippen molar-refractivity contribution in [3.8, 4) is 5.75 Å². The van der Waals surface area contributed by atoms with E-state index in [1.54, 1.807) is 27.9 Å². The van der Waals surface area contributed by atoms with E-state index in [-0.39, 0.29) is 17.2 Å². The van der Waals surface area contributed by atoms with E-state index in [0.717, 1.165) is 0 Å². The van der Waals surface area contributed by atoms with Gasteiger partial charge in [-0.05, 0) is 50.0 Å². The molecular weight excluding hydrogens is 366 g/mol. The summed E-state index contributed by atoms with van der Waals surface area (Å²) in [5, 5.41) is 0. The average Bonchev–Trinajstić information content (AvgIpc) is 2.44. The zero-order valence-electron chi connectivity index (χ0n) is 14.4. The van der Waals surface area contributed by atoms with E-state index in [0.29, 0.717) is 16.6 Å². The lowest BCUT2D eigenvalue weighted by Crippen LogP contribution is -2.32. The third kappa shape index (κ3) is 5.35. The molecule has 0 aliphatic carbocycles. The van der Waals surface area contributed by atoms with Crippen LogP contribution in [0.25, 0.3) is 0 Å². The largest absolute Gasteiger partial charge is 0.494 e. The molecule has 0 aliphatic rings. The molecule has 0 saturated heterocycles. The molecule has 1 aromatic rings. The molecule has 1 heterocycles. The highest BCUT2D eigenvalue weighted by molar-refractivity contribution is 9.10. The number of methoxy groups -OCH3 is 2. The van der Waals surface area contributed by atoms with Crippen LogP contribution in [0.4, 0.5) is 0 Å². The van der Waals surface area contributed by atoms with Crippen molar-refractivity contribution >= 4 is 21.9 Å². The highest BCUT2D eigenvalue weighted by Gasteiger charge is 2.32. The molecule has 0 spiro atoms. The van der Waals surface area contributed by atoms with Crippen molar-refractivity contribution in [2.45, 2.75) is 51.7 Å². The van der Waals surface area contributed by atoms with Crippen molar-refractivity contribution in [2.24, 2.45) is 0 Å². The van der Waals surface area contributed by atoms with Gasteiger partial charge in [0.2, 0.25) is 0 Å². The van der Waals surface area contributed by atoms with E-state index >= 15 is 0 Å². The summed E-state index contributed by atoms with van der Waals surface area (Å²) in [6, 6.07) is 0. The summed E-state index contributed by atoms with van der Waals surface area (Å²) in [5.74, 6) is -0.795. The van der Waals surface area contributed by atoms with Crippen LogP contribution in [0.1, 0.15) is 45.6 Å². The van der Waals surface area contributed by atoms with Gasteiger partial charge < -0.3 is 19.2 Å². The number of aromatic amines is 1. The topological polar surface area (TPSA) is 77.6 Å². The van der Waals surface area contributed by atoms with Crippen molar-refractivity contribution in [1.29, 1.82) is 0 Å². The molecule has 23 heavy (non-hydrogen) atoms. The van der Waals surface area contributed by atoms with Gasteiger partial charge in [0.25, 0.3) is 5.56 Å². The standard InChI is InChI=1S/C16H24BrNO5/c1-9(21-5)7-10(15(20)23-16(2,3)4)12-13(17)11(22-6)8-18-14(12)19/h8-10H,7H2,1-6H3,(H,18,19)/t9-,10?/m0/s1. The number of H-pyrrole nitrogens is 1. The van der Waals surface area contributed by atoms with E-state index in [9.17, 15) is 9.59 Å². The number of halogens is 1. The number of carbonyl (C=O) groups excluding carboxylic acids is 1. The molecular formula is C16H24BrNO5. The highest BCUT2D eigenvalue weighted by atomic mass is 79.9. The van der Waals surface area contributed by atoms with Crippen LogP contribution in [-0.2, 0) is 14.3 Å². The second-order valence-electron chi connectivity index (χ2n) is 6.28. The Kier molecular flexibility index (Phi) is 6.83. The van der Waals surface area contributed by atoms with Gasteiger partial charge in [0.1, 0.15) is 11.4 Å². The van der Waals surface area contributed by atoms with Gasteiger partial charge in [0.15, 0.2) is 0 Å². The van der Waals surface area contributed by atoms with Crippen LogP contribution in [0.15, 0.2) is 15.5 Å². The van der Waals surface area contributed by atoms with Crippen molar-refractivity contribution in [2.75, 3.05) is 14.2 Å². The van der Waals surface area contributed by atoms with Gasteiger partial charge in [0, 0.05) is 18.9 Å². The van der Waals surface area contributed by atoms with Crippen LogP contribution in [0.2, 0.25) is 0 Å². The minimum absolute atomic E-state index is 0.218. The number of rotatable bonds is 6. The maximum atomic E-state index is 12.6. The second-order valence-corrected chi connectivity index (χ2v) is 7.07. The Labute approximate surface area is 144 Å². The van der Waals surface area contributed by atoms with Crippen LogP contribution in [0.5, 0.6) is 5.75 Å². The summed E-state index contributed by atoms with van der Waals surface area (Å²) < 4.78 is 16.4. The summed E-state index contributed by atoms with van der Waals surface area (Å²) in [6.07, 6.45) is 1.55. The first-order chi connectivity index (χ1) is 10.6. The van der Waals surface area contributed by atoms with E-state index < -0.39 is 17.5 Å². The van der Waals surface area contributed by atoms with Gasteiger partial charge in [-0.2, -0.15) is 0 Å². The zero-order valence-corrected chi connectivity index (χ0v) is 15.9. The Morgan fingerprint density at radius 1 is 1.35 bits per heavy atom. The zero-order chi connectivity index (χ0) is 17.8. The number of hydrogen-bond donors (Lipinski definition) is 1. The van der Waals surface area contributed by atoms with E-state index in [1.807, 2.05) is 6.92 Å². The summed E-state index contributed by atoms with van der Waals surface area (Å²) in [4.78, 5) is 27.5. The maximum absolute atomic E-state index is 12.6. The van der Waals surface area contributed by atoms with Gasteiger partial charge in [-0.3, -0.25) is 9.59 Å². The number of hydrogen-bond acceptors (Lipinski definition) is 5. The molecule has 0 bridgehead atoms. The van der Waals surface area contributed by atoms with Gasteiger partial charge in [0.05, 0.1) is 23.6 Å². The molecule has 2 atom stereocenters. The monoisotopic (exact) mass is 389 g/mol. The molecule has 0 aromatic carbocycles. The van der Waals surface area contributed by atoms with Crippen molar-refractivity contribution in [3.05, 3.63) is 26.6 Å². The second kappa shape index (κ2) is 7.97. The fraction of sp³-hybridized carbons (Fsp3) is 0.625. The first-order valence-electron chi connectivity index (χ1n) is 7.31. The first kappa shape index (κ1) is 19.7. The van der Waals surface area contributed by atoms with E-state index in [1.165, 1.54) is 13.3 Å². The number of nitrogens with one attached hydrogen (secondary N) is 1. The normalized spacial score (nSPS) is 14.2. The Hall–Kier alpha value is -1.34. The Morgan fingerprint density at radius 3 is 2.43 bits per heavy atom. The molecule has 7 heteroatoms. The summed E-state index contributed by atoms with van der Waals surface area (Å²) in [6.45, 7) is 7.19. The number of aromatic nitrogens is 1. The molecule has 1 N–H and O–H groups in total. The smallest absolute Gasteiger partial charge is 0.314 e. The van der Waals surface area contributed by atoms with Crippen LogP contribution in [-0.4, -0.2) is 36.9 Å². The van der Waals surface area contributed by atoms with Crippen molar-refractivity contribution < 1.29 is 19.0 Å². The lowest BCUT2D eigenvalue weighted by Gasteiger charge is -2.26. The van der Waals surface area contributed by atoms with Gasteiger partial charge in [-0.1, -0.05) is 0 Å². The highest BCUT2D eigenvalue weighted by Crippen LogP contribution is 2.33. The molecule has 0 fully saturated rings. The van der Waals surface area contributed by atoms with Crippen LogP contribution >= 0.6 is 15.9 Å². The average molecular weight is 390 g/mol. The molecule has 1 aromatic heterocycles. The fourth-order valence-corrected chi connectivity index (χ4v) is 2.83. The molecule has 1 unspecified atom stereocenters. The lowest BCUT2D eigenvalue weighted by atomic mass is 9.94. The summed E-state index contributed by atoms with van der Waals surface area (Å²) in [7, 11) is 3.05. The molecule has 0 radical (unpaired) electrons. The van der Waals surface area contributed by atoms with E-state index in [2.05, 4.69) is 20.9 Å². The predicted molar refractivity (Wildman–Crippen MR) is 91.0 cm³/mol. The molecule has 130 valence electrons. The summed E-state index contributed by atoms with van der Waals surface area (Å²) >= 11 is 3.36. The van der Waals surface area contributed by atoms with Gasteiger partial charge in [-0.15, -0.1) is 0 Å². The Morgan fingerprint density at radius 2 is 1.96 bits per heavy atom. The van der Waals surface area contributed by atoms with Crippen molar-refractivity contribution in [3.63, 3.8) is 0 Å². The maximum Gasteiger partial charge on any atom is 0.314 e. The van der Waals surface area contributed by atoms with Crippen LogP contribution in [0.3, 0.4) is 0 Å². The number of esters is 1. The SMILES string of the molecule is COc1c[nH]c(=O)c(C(C[C@H](C)OC)C(=O)OC(C)(C)C)c1Br. The number of pyridine rings is 1. The Bertz CT molecular complexity index is 605. The summed E-state index contributed by atoms with van der Waals surface area (Å²) in [5.41, 5.74) is -0.733. The third-order valence-electron chi connectivity index (χ3n) is 3.26. The fourth-order valence-electron chi connectivity index (χ4n) is 2.10. The molecule has 0 amide bonds. The minimum atomic E-state index is -0.766. The Balaban J connectivity index is 3.35. The predicted octanol–water partition coefficient (Wildman–Crippen LogP) is 3.00. The van der Waals surface area contributed by atoms with Crippen LogP contribution in [0, 0.1) is 0 Å². The lowest BCUT2D eigenvalue weighted by molar-refractivity contribution is -0.157. The van der Waals surface area contributed by atoms with Crippen molar-refractivity contribution in [1.82, 2.24) is 4.98 Å². The molecule has 6 nitrogen and oxygen atoms in total. The van der Waals surface area contributed by atoms with Gasteiger partial charge in [-0.25, -0.2) is 0 Å². The number of ether oxygens (including phenoxy) is 3. The first-order valence-corrected chi connectivity index (χ1v) is 8.10. The quantitative estimate of drug-likeness (QED) is 0.756. The molecule has 0 saturated carbocycles. The molecule has 0 aliphatic heterocycles.